The fourth-order valence-electron chi connectivity index (χ4n) is 5.27. The molecule has 3 fully saturated rings. The van der Waals surface area contributed by atoms with Crippen molar-refractivity contribution in [3.63, 3.8) is 0 Å². The van der Waals surface area contributed by atoms with Crippen molar-refractivity contribution in [1.29, 1.82) is 0 Å². The highest BCUT2D eigenvalue weighted by molar-refractivity contribution is 6.24. The van der Waals surface area contributed by atoms with Crippen LogP contribution in [0.5, 0.6) is 0 Å². The van der Waals surface area contributed by atoms with Crippen LogP contribution >= 0.6 is 0 Å². The highest BCUT2D eigenvalue weighted by Crippen LogP contribution is 2.40. The van der Waals surface area contributed by atoms with Crippen molar-refractivity contribution in [2.75, 3.05) is 13.1 Å². The summed E-state index contributed by atoms with van der Waals surface area (Å²) in [6.07, 6.45) is 2.70. The predicted molar refractivity (Wildman–Crippen MR) is 103 cm³/mol. The summed E-state index contributed by atoms with van der Waals surface area (Å²) >= 11 is 0. The van der Waals surface area contributed by atoms with Crippen molar-refractivity contribution >= 4 is 23.6 Å². The van der Waals surface area contributed by atoms with Crippen LogP contribution in [0, 0.1) is 11.8 Å². The van der Waals surface area contributed by atoms with Gasteiger partial charge < -0.3 is 10.6 Å². The summed E-state index contributed by atoms with van der Waals surface area (Å²) in [7, 11) is 0. The van der Waals surface area contributed by atoms with Crippen molar-refractivity contribution in [1.82, 2.24) is 20.9 Å². The van der Waals surface area contributed by atoms with Crippen LogP contribution in [0.3, 0.4) is 0 Å². The van der Waals surface area contributed by atoms with Gasteiger partial charge in [-0.15, -0.1) is 0 Å². The zero-order chi connectivity index (χ0) is 20.1. The third kappa shape index (κ3) is 2.98. The number of nitrogens with zero attached hydrogens (tertiary/aromatic N) is 1. The molecule has 3 aliphatic heterocycles. The smallest absolute Gasteiger partial charge is 0.262 e. The molecule has 1 aliphatic carbocycles. The maximum Gasteiger partial charge on any atom is 0.262 e. The van der Waals surface area contributed by atoms with Gasteiger partial charge >= 0.3 is 0 Å². The highest BCUT2D eigenvalue weighted by atomic mass is 16.2. The van der Waals surface area contributed by atoms with Crippen LogP contribution in [0.4, 0.5) is 0 Å². The van der Waals surface area contributed by atoms with E-state index in [1.807, 2.05) is 6.07 Å². The molecule has 29 heavy (non-hydrogen) atoms. The molecule has 4 unspecified atom stereocenters. The van der Waals surface area contributed by atoms with Crippen molar-refractivity contribution in [3.8, 4) is 0 Å². The average molecular weight is 396 g/mol. The van der Waals surface area contributed by atoms with Crippen LogP contribution in [0.2, 0.25) is 0 Å². The molecule has 3 N–H and O–H groups in total. The number of hydrogen-bond donors (Lipinski definition) is 3. The predicted octanol–water partition coefficient (Wildman–Crippen LogP) is 0.175. The minimum atomic E-state index is -0.928. The van der Waals surface area contributed by atoms with E-state index in [2.05, 4.69) is 16.0 Å². The number of nitrogens with one attached hydrogen (secondary N) is 3. The topological polar surface area (TPSA) is 108 Å². The second kappa shape index (κ2) is 7.03. The fraction of sp³-hybridized carbons (Fsp3) is 0.524. The lowest BCUT2D eigenvalue weighted by molar-refractivity contribution is -0.136. The normalized spacial score (nSPS) is 30.8. The van der Waals surface area contributed by atoms with Gasteiger partial charge in [0.15, 0.2) is 0 Å². The van der Waals surface area contributed by atoms with Crippen LogP contribution in [-0.2, 0) is 16.1 Å². The van der Waals surface area contributed by atoms with Gasteiger partial charge in [-0.1, -0.05) is 12.1 Å². The van der Waals surface area contributed by atoms with Crippen LogP contribution in [0.1, 0.15) is 52.0 Å². The molecule has 0 spiro atoms. The summed E-state index contributed by atoms with van der Waals surface area (Å²) < 4.78 is 0. The first-order valence-electron chi connectivity index (χ1n) is 10.3. The molecule has 1 aromatic carbocycles. The third-order valence-electron chi connectivity index (χ3n) is 6.84. The molecule has 5 rings (SSSR count). The number of fused-ring (bicyclic) bond motifs is 2. The van der Waals surface area contributed by atoms with Gasteiger partial charge in [0.2, 0.25) is 11.8 Å². The number of carbonyl (C=O) groups is 4. The molecular weight excluding hydrogens is 372 g/mol. The SMILES string of the molecule is O=C1CCC(N2C(=O)c3cccc(CNCC4CC5NCCC45)c3C2=O)C(=O)N1. The summed E-state index contributed by atoms with van der Waals surface area (Å²) in [5, 5.41) is 9.19. The summed E-state index contributed by atoms with van der Waals surface area (Å²) in [5.74, 6) is -0.455. The molecule has 8 heteroatoms. The van der Waals surface area contributed by atoms with E-state index in [9.17, 15) is 19.2 Å². The largest absolute Gasteiger partial charge is 0.314 e. The van der Waals surface area contributed by atoms with Gasteiger partial charge in [0, 0.05) is 19.0 Å². The van der Waals surface area contributed by atoms with Crippen LogP contribution in [0.25, 0.3) is 0 Å². The van der Waals surface area contributed by atoms with E-state index in [4.69, 9.17) is 0 Å². The Labute approximate surface area is 168 Å². The second-order valence-electron chi connectivity index (χ2n) is 8.43. The van der Waals surface area contributed by atoms with Crippen LogP contribution < -0.4 is 16.0 Å². The molecule has 3 heterocycles. The average Bonchev–Trinajstić information content (AvgIpc) is 3.18. The summed E-state index contributed by atoms with van der Waals surface area (Å²) in [6.45, 7) is 2.50. The zero-order valence-electron chi connectivity index (χ0n) is 16.1. The highest BCUT2D eigenvalue weighted by Gasteiger charge is 2.46. The Morgan fingerprint density at radius 1 is 1.10 bits per heavy atom. The van der Waals surface area contributed by atoms with E-state index in [-0.39, 0.29) is 18.7 Å². The fourth-order valence-corrected chi connectivity index (χ4v) is 5.27. The molecule has 0 aromatic heterocycles. The van der Waals surface area contributed by atoms with Crippen molar-refractivity contribution in [3.05, 3.63) is 34.9 Å². The van der Waals surface area contributed by atoms with Crippen LogP contribution in [-0.4, -0.2) is 53.7 Å². The molecule has 4 amide bonds. The number of carbonyl (C=O) groups excluding carboxylic acids is 4. The molecule has 152 valence electrons. The Morgan fingerprint density at radius 3 is 2.76 bits per heavy atom. The van der Waals surface area contributed by atoms with Crippen molar-refractivity contribution in [2.45, 2.75) is 44.3 Å². The number of piperidine rings is 1. The maximum atomic E-state index is 13.1. The van der Waals surface area contributed by atoms with Gasteiger partial charge in [0.05, 0.1) is 11.1 Å². The summed E-state index contributed by atoms with van der Waals surface area (Å²) in [5.41, 5.74) is 1.49. The lowest BCUT2D eigenvalue weighted by Gasteiger charge is -2.40. The molecule has 4 atom stereocenters. The molecule has 2 saturated heterocycles. The van der Waals surface area contributed by atoms with Gasteiger partial charge in [-0.05, 0) is 55.8 Å². The Bertz CT molecular complexity index is 914. The minimum absolute atomic E-state index is 0.122. The monoisotopic (exact) mass is 396 g/mol. The zero-order valence-corrected chi connectivity index (χ0v) is 16.1. The first-order chi connectivity index (χ1) is 14.0. The molecular formula is C21H24N4O4. The van der Waals surface area contributed by atoms with E-state index >= 15 is 0 Å². The minimum Gasteiger partial charge on any atom is -0.314 e. The maximum absolute atomic E-state index is 13.1. The van der Waals surface area contributed by atoms with E-state index in [0.717, 1.165) is 29.5 Å². The lowest BCUT2D eigenvalue weighted by Crippen LogP contribution is -2.54. The molecule has 8 nitrogen and oxygen atoms in total. The van der Waals surface area contributed by atoms with E-state index in [0.29, 0.717) is 29.6 Å². The van der Waals surface area contributed by atoms with Gasteiger partial charge in [0.25, 0.3) is 11.8 Å². The number of hydrogen-bond acceptors (Lipinski definition) is 6. The van der Waals surface area contributed by atoms with E-state index in [1.54, 1.807) is 12.1 Å². The third-order valence-corrected chi connectivity index (χ3v) is 6.84. The standard InChI is InChI=1S/C21H24N4O4/c26-17-5-4-16(19(27)24-17)25-20(28)14-3-1-2-11(18(14)21(25)29)9-22-10-12-8-15-13(12)6-7-23-15/h1-3,12-13,15-16,22-23H,4-10H2,(H,24,26,27). The Balaban J connectivity index is 1.30. The Kier molecular flexibility index (Phi) is 4.48. The molecule has 1 aromatic rings. The molecule has 0 bridgehead atoms. The first-order valence-corrected chi connectivity index (χ1v) is 10.3. The molecule has 0 radical (unpaired) electrons. The number of benzene rings is 1. The summed E-state index contributed by atoms with van der Waals surface area (Å²) in [4.78, 5) is 50.6. The van der Waals surface area contributed by atoms with E-state index < -0.39 is 23.8 Å². The molecule has 4 aliphatic rings. The first kappa shape index (κ1) is 18.4. The molecule has 1 saturated carbocycles. The number of amides is 4. The number of imide groups is 2. The van der Waals surface area contributed by atoms with Gasteiger partial charge in [0.1, 0.15) is 6.04 Å². The summed E-state index contributed by atoms with van der Waals surface area (Å²) in [6, 6.07) is 5.00. The lowest BCUT2D eigenvalue weighted by atomic mass is 9.70. The Morgan fingerprint density at radius 2 is 1.97 bits per heavy atom. The van der Waals surface area contributed by atoms with Gasteiger partial charge in [-0.25, -0.2) is 0 Å². The van der Waals surface area contributed by atoms with Crippen LogP contribution in [0.15, 0.2) is 18.2 Å². The number of rotatable bonds is 5. The van der Waals surface area contributed by atoms with Gasteiger partial charge in [-0.3, -0.25) is 29.4 Å². The Hall–Kier alpha value is -2.58. The van der Waals surface area contributed by atoms with Gasteiger partial charge in [-0.2, -0.15) is 0 Å². The van der Waals surface area contributed by atoms with Crippen molar-refractivity contribution < 1.29 is 19.2 Å². The van der Waals surface area contributed by atoms with Crippen molar-refractivity contribution in [2.24, 2.45) is 11.8 Å². The van der Waals surface area contributed by atoms with E-state index in [1.165, 1.54) is 12.8 Å². The second-order valence-corrected chi connectivity index (χ2v) is 8.43. The quantitative estimate of drug-likeness (QED) is 0.613.